The van der Waals surface area contributed by atoms with E-state index in [0.29, 0.717) is 24.4 Å². The Kier molecular flexibility index (Phi) is 6.04. The summed E-state index contributed by atoms with van der Waals surface area (Å²) in [4.78, 5) is 29.4. The average Bonchev–Trinajstić information content (AvgIpc) is 3.49. The van der Waals surface area contributed by atoms with Gasteiger partial charge < -0.3 is 14.6 Å². The number of nitrogens with zero attached hydrogens (tertiary/aromatic N) is 2. The first kappa shape index (κ1) is 19.5. The molecule has 0 unspecified atom stereocenters. The highest BCUT2D eigenvalue weighted by Crippen LogP contribution is 2.32. The molecule has 4 rings (SSSR count). The maximum atomic E-state index is 12.6. The van der Waals surface area contributed by atoms with E-state index in [9.17, 15) is 9.59 Å². The molecule has 28 heavy (non-hydrogen) atoms. The Labute approximate surface area is 167 Å². The molecule has 6 nitrogen and oxygen atoms in total. The standard InChI is InChI=1S/C22H33N3O3/c1-16-4-7-20(28-16)8-11-23-21(26)18-3-2-12-25(15-18)19-9-13-24(14-10-19)22(27)17-5-6-17/h4,7,17-19H,2-3,5-6,8-15H2,1H3,(H,23,26)/t18-/m1/s1. The Bertz CT molecular complexity index is 689. The van der Waals surface area contributed by atoms with Crippen molar-refractivity contribution in [1.29, 1.82) is 0 Å². The van der Waals surface area contributed by atoms with Gasteiger partial charge in [0.15, 0.2) is 0 Å². The molecule has 1 aromatic heterocycles. The number of piperidine rings is 2. The van der Waals surface area contributed by atoms with E-state index >= 15 is 0 Å². The third kappa shape index (κ3) is 4.77. The van der Waals surface area contributed by atoms with Gasteiger partial charge in [0, 0.05) is 44.6 Å². The van der Waals surface area contributed by atoms with Crippen LogP contribution in [0.2, 0.25) is 0 Å². The van der Waals surface area contributed by atoms with Crippen LogP contribution in [0.3, 0.4) is 0 Å². The molecule has 1 aromatic rings. The fourth-order valence-electron chi connectivity index (χ4n) is 4.66. The number of hydrogen-bond acceptors (Lipinski definition) is 4. The van der Waals surface area contributed by atoms with Crippen LogP contribution in [0.1, 0.15) is 50.0 Å². The predicted octanol–water partition coefficient (Wildman–Crippen LogP) is 2.36. The minimum atomic E-state index is 0.0817. The summed E-state index contributed by atoms with van der Waals surface area (Å²) >= 11 is 0. The van der Waals surface area contributed by atoms with Crippen molar-refractivity contribution >= 4 is 11.8 Å². The fourth-order valence-corrected chi connectivity index (χ4v) is 4.66. The molecule has 1 saturated carbocycles. The number of nitrogens with one attached hydrogen (secondary N) is 1. The molecule has 2 aliphatic heterocycles. The van der Waals surface area contributed by atoms with Gasteiger partial charge in [0.25, 0.3) is 0 Å². The van der Waals surface area contributed by atoms with Gasteiger partial charge in [-0.2, -0.15) is 0 Å². The van der Waals surface area contributed by atoms with Crippen LogP contribution >= 0.6 is 0 Å². The van der Waals surface area contributed by atoms with Gasteiger partial charge in [0.1, 0.15) is 11.5 Å². The lowest BCUT2D eigenvalue weighted by Gasteiger charge is -2.42. The maximum absolute atomic E-state index is 12.6. The molecule has 2 amide bonds. The van der Waals surface area contributed by atoms with E-state index in [0.717, 1.165) is 82.6 Å². The van der Waals surface area contributed by atoms with Crippen LogP contribution in [0.25, 0.3) is 0 Å². The molecule has 0 bridgehead atoms. The van der Waals surface area contributed by atoms with E-state index in [1.165, 1.54) is 0 Å². The smallest absolute Gasteiger partial charge is 0.225 e. The maximum Gasteiger partial charge on any atom is 0.225 e. The molecule has 3 aliphatic rings. The second-order valence-corrected chi connectivity index (χ2v) is 8.72. The number of likely N-dealkylation sites (tertiary alicyclic amines) is 2. The van der Waals surface area contributed by atoms with E-state index < -0.39 is 0 Å². The third-order valence-corrected chi connectivity index (χ3v) is 6.51. The molecule has 3 heterocycles. The van der Waals surface area contributed by atoms with Crippen molar-refractivity contribution in [1.82, 2.24) is 15.1 Å². The second kappa shape index (κ2) is 8.68. The minimum absolute atomic E-state index is 0.0817. The monoisotopic (exact) mass is 387 g/mol. The zero-order chi connectivity index (χ0) is 19.5. The fraction of sp³-hybridized carbons (Fsp3) is 0.727. The molecule has 0 radical (unpaired) electrons. The van der Waals surface area contributed by atoms with Crippen molar-refractivity contribution in [2.24, 2.45) is 11.8 Å². The number of carbonyl (C=O) groups excluding carboxylic acids is 2. The molecular formula is C22H33N3O3. The second-order valence-electron chi connectivity index (χ2n) is 8.72. The van der Waals surface area contributed by atoms with Gasteiger partial charge in [-0.05, 0) is 64.1 Å². The SMILES string of the molecule is Cc1ccc(CCNC(=O)[C@@H]2CCCN(C3CCN(C(=O)C4CC4)CC3)C2)o1. The van der Waals surface area contributed by atoms with Crippen molar-refractivity contribution < 1.29 is 14.0 Å². The lowest BCUT2D eigenvalue weighted by atomic mass is 9.93. The summed E-state index contributed by atoms with van der Waals surface area (Å²) in [7, 11) is 0. The Morgan fingerprint density at radius 2 is 1.86 bits per heavy atom. The molecule has 3 fully saturated rings. The Hall–Kier alpha value is -1.82. The topological polar surface area (TPSA) is 65.8 Å². The van der Waals surface area contributed by atoms with Crippen LogP contribution in [0.15, 0.2) is 16.5 Å². The van der Waals surface area contributed by atoms with Crippen LogP contribution < -0.4 is 5.32 Å². The number of aryl methyl sites for hydroxylation is 1. The van der Waals surface area contributed by atoms with Crippen LogP contribution in [-0.4, -0.2) is 60.4 Å². The summed E-state index contributed by atoms with van der Waals surface area (Å²) in [5.74, 6) is 2.79. The first-order valence-corrected chi connectivity index (χ1v) is 11.0. The number of hydrogen-bond donors (Lipinski definition) is 1. The van der Waals surface area contributed by atoms with E-state index in [-0.39, 0.29) is 11.8 Å². The van der Waals surface area contributed by atoms with Gasteiger partial charge in [-0.25, -0.2) is 0 Å². The molecule has 1 atom stereocenters. The summed E-state index contributed by atoms with van der Waals surface area (Å²) in [6.07, 6.45) is 7.05. The Balaban J connectivity index is 1.20. The quantitative estimate of drug-likeness (QED) is 0.814. The number of furan rings is 1. The number of rotatable bonds is 6. The van der Waals surface area contributed by atoms with Crippen LogP contribution in [-0.2, 0) is 16.0 Å². The van der Waals surface area contributed by atoms with Crippen LogP contribution in [0, 0.1) is 18.8 Å². The van der Waals surface area contributed by atoms with Crippen molar-refractivity contribution in [3.63, 3.8) is 0 Å². The van der Waals surface area contributed by atoms with Crippen LogP contribution in [0.5, 0.6) is 0 Å². The predicted molar refractivity (Wildman–Crippen MR) is 107 cm³/mol. The van der Waals surface area contributed by atoms with Crippen molar-refractivity contribution in [3.8, 4) is 0 Å². The van der Waals surface area contributed by atoms with E-state index in [1.807, 2.05) is 19.1 Å². The molecule has 6 heteroatoms. The van der Waals surface area contributed by atoms with Gasteiger partial charge in [-0.3, -0.25) is 14.5 Å². The Morgan fingerprint density at radius 1 is 1.07 bits per heavy atom. The van der Waals surface area contributed by atoms with Crippen LogP contribution in [0.4, 0.5) is 0 Å². The van der Waals surface area contributed by atoms with Gasteiger partial charge in [0.2, 0.25) is 11.8 Å². The highest BCUT2D eigenvalue weighted by molar-refractivity contribution is 5.81. The summed E-state index contributed by atoms with van der Waals surface area (Å²) in [6.45, 7) is 6.27. The normalized spacial score (nSPS) is 24.3. The highest BCUT2D eigenvalue weighted by Gasteiger charge is 2.37. The third-order valence-electron chi connectivity index (χ3n) is 6.51. The first-order chi connectivity index (χ1) is 13.6. The van der Waals surface area contributed by atoms with E-state index in [2.05, 4.69) is 15.1 Å². The number of amides is 2. The molecule has 2 saturated heterocycles. The zero-order valence-corrected chi connectivity index (χ0v) is 17.0. The molecular weight excluding hydrogens is 354 g/mol. The average molecular weight is 388 g/mol. The van der Waals surface area contributed by atoms with E-state index in [4.69, 9.17) is 4.42 Å². The molecule has 0 spiro atoms. The first-order valence-electron chi connectivity index (χ1n) is 11.0. The van der Waals surface area contributed by atoms with Crippen molar-refractivity contribution in [2.75, 3.05) is 32.7 Å². The molecule has 1 aliphatic carbocycles. The summed E-state index contributed by atoms with van der Waals surface area (Å²) in [5, 5.41) is 3.10. The summed E-state index contributed by atoms with van der Waals surface area (Å²) < 4.78 is 5.56. The summed E-state index contributed by atoms with van der Waals surface area (Å²) in [5.41, 5.74) is 0. The van der Waals surface area contributed by atoms with Crippen molar-refractivity contribution in [3.05, 3.63) is 23.7 Å². The molecule has 0 aromatic carbocycles. The van der Waals surface area contributed by atoms with Crippen molar-refractivity contribution in [2.45, 2.75) is 57.9 Å². The lowest BCUT2D eigenvalue weighted by molar-refractivity contribution is -0.134. The molecule has 1 N–H and O–H groups in total. The lowest BCUT2D eigenvalue weighted by Crippen LogP contribution is -2.51. The van der Waals surface area contributed by atoms with Gasteiger partial charge in [-0.15, -0.1) is 0 Å². The Morgan fingerprint density at radius 3 is 2.54 bits per heavy atom. The minimum Gasteiger partial charge on any atom is -0.466 e. The molecule has 154 valence electrons. The number of carbonyl (C=O) groups is 2. The highest BCUT2D eigenvalue weighted by atomic mass is 16.3. The van der Waals surface area contributed by atoms with Gasteiger partial charge in [-0.1, -0.05) is 0 Å². The largest absolute Gasteiger partial charge is 0.466 e. The zero-order valence-electron chi connectivity index (χ0n) is 17.0. The van der Waals surface area contributed by atoms with Gasteiger partial charge >= 0.3 is 0 Å². The van der Waals surface area contributed by atoms with E-state index in [1.54, 1.807) is 0 Å². The summed E-state index contributed by atoms with van der Waals surface area (Å²) in [6, 6.07) is 4.45. The van der Waals surface area contributed by atoms with Gasteiger partial charge in [0.05, 0.1) is 5.92 Å².